The van der Waals surface area contributed by atoms with E-state index >= 15 is 0 Å². The van der Waals surface area contributed by atoms with Gasteiger partial charge in [0.1, 0.15) is 0 Å². The van der Waals surface area contributed by atoms with Crippen LogP contribution < -0.4 is 15.0 Å². The number of hydrogen-bond donors (Lipinski definition) is 1. The first kappa shape index (κ1) is 18.1. The number of methoxy groups -OCH3 is 1. The summed E-state index contributed by atoms with van der Waals surface area (Å²) in [6.07, 6.45) is 3.48. The number of nitrogens with one attached hydrogen (secondary N) is 1. The molecule has 0 atom stereocenters. The molecule has 0 radical (unpaired) electrons. The lowest BCUT2D eigenvalue weighted by Gasteiger charge is -2.26. The van der Waals surface area contributed by atoms with Gasteiger partial charge in [0.2, 0.25) is 5.95 Å². The molecule has 1 fully saturated rings. The molecule has 26 heavy (non-hydrogen) atoms. The molecule has 1 aliphatic rings. The second-order valence-electron chi connectivity index (χ2n) is 6.44. The normalized spacial score (nSPS) is 14.4. The van der Waals surface area contributed by atoms with E-state index in [4.69, 9.17) is 4.74 Å². The number of hydrogen-bond acceptors (Lipinski definition) is 7. The third-order valence-electron chi connectivity index (χ3n) is 4.61. The number of anilines is 1. The van der Waals surface area contributed by atoms with Gasteiger partial charge in [0.25, 0.3) is 5.91 Å². The van der Waals surface area contributed by atoms with E-state index < -0.39 is 0 Å². The fraction of sp³-hybridized carbons (Fsp3) is 0.588. The molecular formula is C17H25N7O2. The van der Waals surface area contributed by atoms with Gasteiger partial charge in [-0.05, 0) is 33.1 Å². The van der Waals surface area contributed by atoms with Crippen LogP contribution in [0.25, 0.3) is 0 Å². The highest BCUT2D eigenvalue weighted by Gasteiger charge is 2.19. The van der Waals surface area contributed by atoms with E-state index in [0.29, 0.717) is 23.0 Å². The summed E-state index contributed by atoms with van der Waals surface area (Å²) >= 11 is 0. The minimum absolute atomic E-state index is 0.188. The summed E-state index contributed by atoms with van der Waals surface area (Å²) in [5.74, 6) is 0.895. The number of carbonyl (C=O) groups is 1. The monoisotopic (exact) mass is 359 g/mol. The Labute approximate surface area is 152 Å². The average molecular weight is 359 g/mol. The number of aromatic nitrogens is 5. The molecule has 0 aliphatic carbocycles. The maximum absolute atomic E-state index is 12.5. The van der Waals surface area contributed by atoms with Gasteiger partial charge in [-0.3, -0.25) is 9.48 Å². The number of aryl methyl sites for hydroxylation is 2. The van der Waals surface area contributed by atoms with Gasteiger partial charge in [0, 0.05) is 25.8 Å². The number of amides is 1. The number of rotatable bonds is 5. The Kier molecular flexibility index (Phi) is 5.34. The molecule has 3 rings (SSSR count). The lowest BCUT2D eigenvalue weighted by molar-refractivity contribution is 0.0948. The van der Waals surface area contributed by atoms with E-state index in [2.05, 4.69) is 30.3 Å². The molecule has 0 unspecified atom stereocenters. The third-order valence-corrected chi connectivity index (χ3v) is 4.61. The van der Waals surface area contributed by atoms with Crippen molar-refractivity contribution >= 4 is 11.9 Å². The minimum atomic E-state index is -0.188. The van der Waals surface area contributed by atoms with E-state index in [1.165, 1.54) is 13.5 Å². The Morgan fingerprint density at radius 1 is 1.15 bits per heavy atom. The molecule has 9 nitrogen and oxygen atoms in total. The molecule has 0 saturated carbocycles. The first-order valence-corrected chi connectivity index (χ1v) is 8.82. The van der Waals surface area contributed by atoms with Gasteiger partial charge < -0.3 is 15.0 Å². The molecule has 140 valence electrons. The zero-order chi connectivity index (χ0) is 18.7. The lowest BCUT2D eigenvalue weighted by Crippen LogP contribution is -2.32. The summed E-state index contributed by atoms with van der Waals surface area (Å²) in [5.41, 5.74) is 2.11. The number of piperidine rings is 1. The molecule has 2 aromatic heterocycles. The van der Waals surface area contributed by atoms with Gasteiger partial charge in [-0.25, -0.2) is 0 Å². The largest absolute Gasteiger partial charge is 0.467 e. The molecule has 0 aromatic carbocycles. The Bertz CT molecular complexity index is 797. The van der Waals surface area contributed by atoms with E-state index in [1.54, 1.807) is 4.68 Å². The highest BCUT2D eigenvalue weighted by Crippen LogP contribution is 2.18. The number of nitrogens with zero attached hydrogens (tertiary/aromatic N) is 6. The van der Waals surface area contributed by atoms with Gasteiger partial charge in [0.15, 0.2) is 5.82 Å². The first-order valence-electron chi connectivity index (χ1n) is 8.82. The minimum Gasteiger partial charge on any atom is -0.467 e. The predicted octanol–water partition coefficient (Wildman–Crippen LogP) is 1.15. The Morgan fingerprint density at radius 2 is 1.88 bits per heavy atom. The molecule has 1 saturated heterocycles. The Balaban J connectivity index is 1.75. The standard InChI is InChI=1S/C17H25N7O2/c1-11-14(12(2)23(3)22-11)15(25)18-10-13-19-16(21-17(20-13)26-4)24-8-6-5-7-9-24/h5-10H2,1-4H3,(H,18,25). The number of ether oxygens (including phenoxy) is 1. The van der Waals surface area contributed by atoms with Crippen LogP contribution in [-0.2, 0) is 13.6 Å². The van der Waals surface area contributed by atoms with Gasteiger partial charge in [-0.15, -0.1) is 0 Å². The van der Waals surface area contributed by atoms with Gasteiger partial charge in [0.05, 0.1) is 24.9 Å². The molecule has 0 bridgehead atoms. The Morgan fingerprint density at radius 3 is 2.50 bits per heavy atom. The highest BCUT2D eigenvalue weighted by molar-refractivity contribution is 5.96. The van der Waals surface area contributed by atoms with Crippen LogP contribution in [-0.4, -0.2) is 50.8 Å². The van der Waals surface area contributed by atoms with Crippen molar-refractivity contribution in [2.24, 2.45) is 7.05 Å². The van der Waals surface area contributed by atoms with Crippen molar-refractivity contribution in [3.63, 3.8) is 0 Å². The van der Waals surface area contributed by atoms with Crippen LogP contribution in [0.1, 0.15) is 46.8 Å². The number of carbonyl (C=O) groups excluding carboxylic acids is 1. The SMILES string of the molecule is COc1nc(CNC(=O)c2c(C)nn(C)c2C)nc(N2CCCCC2)n1. The van der Waals surface area contributed by atoms with Crippen LogP contribution in [0.2, 0.25) is 0 Å². The first-order chi connectivity index (χ1) is 12.5. The van der Waals surface area contributed by atoms with Crippen molar-refractivity contribution in [2.45, 2.75) is 39.7 Å². The lowest BCUT2D eigenvalue weighted by atomic mass is 10.1. The Hall–Kier alpha value is -2.71. The second kappa shape index (κ2) is 7.67. The fourth-order valence-electron chi connectivity index (χ4n) is 3.14. The maximum Gasteiger partial charge on any atom is 0.321 e. The van der Waals surface area contributed by atoms with Gasteiger partial charge >= 0.3 is 6.01 Å². The molecule has 1 aliphatic heterocycles. The van der Waals surface area contributed by atoms with Crippen LogP contribution in [0.3, 0.4) is 0 Å². The van der Waals surface area contributed by atoms with E-state index in [9.17, 15) is 4.79 Å². The zero-order valence-electron chi connectivity index (χ0n) is 15.7. The van der Waals surface area contributed by atoms with Crippen LogP contribution in [0.15, 0.2) is 0 Å². The van der Waals surface area contributed by atoms with E-state index in [1.807, 2.05) is 20.9 Å². The zero-order valence-corrected chi connectivity index (χ0v) is 15.7. The van der Waals surface area contributed by atoms with Crippen molar-refractivity contribution in [1.29, 1.82) is 0 Å². The van der Waals surface area contributed by atoms with Crippen molar-refractivity contribution < 1.29 is 9.53 Å². The molecule has 9 heteroatoms. The van der Waals surface area contributed by atoms with Crippen molar-refractivity contribution in [1.82, 2.24) is 30.0 Å². The predicted molar refractivity (Wildman–Crippen MR) is 96.3 cm³/mol. The smallest absolute Gasteiger partial charge is 0.321 e. The molecule has 2 aromatic rings. The average Bonchev–Trinajstić information content (AvgIpc) is 2.92. The highest BCUT2D eigenvalue weighted by atomic mass is 16.5. The quantitative estimate of drug-likeness (QED) is 0.855. The second-order valence-corrected chi connectivity index (χ2v) is 6.44. The van der Waals surface area contributed by atoms with Crippen molar-refractivity contribution in [3.05, 3.63) is 22.8 Å². The van der Waals surface area contributed by atoms with Gasteiger partial charge in [-0.1, -0.05) is 0 Å². The summed E-state index contributed by atoms with van der Waals surface area (Å²) < 4.78 is 6.90. The van der Waals surface area contributed by atoms with Crippen LogP contribution in [0.5, 0.6) is 6.01 Å². The van der Waals surface area contributed by atoms with E-state index in [-0.39, 0.29) is 18.5 Å². The maximum atomic E-state index is 12.5. The van der Waals surface area contributed by atoms with Crippen LogP contribution >= 0.6 is 0 Å². The fourth-order valence-corrected chi connectivity index (χ4v) is 3.14. The third kappa shape index (κ3) is 3.76. The van der Waals surface area contributed by atoms with Gasteiger partial charge in [-0.2, -0.15) is 20.1 Å². The van der Waals surface area contributed by atoms with Crippen LogP contribution in [0, 0.1) is 13.8 Å². The molecule has 1 amide bonds. The molecule has 1 N–H and O–H groups in total. The van der Waals surface area contributed by atoms with Crippen molar-refractivity contribution in [2.75, 3.05) is 25.1 Å². The van der Waals surface area contributed by atoms with Crippen LogP contribution in [0.4, 0.5) is 5.95 Å². The summed E-state index contributed by atoms with van der Waals surface area (Å²) in [7, 11) is 3.35. The van der Waals surface area contributed by atoms with E-state index in [0.717, 1.165) is 31.6 Å². The summed E-state index contributed by atoms with van der Waals surface area (Å²) in [4.78, 5) is 27.8. The summed E-state index contributed by atoms with van der Waals surface area (Å²) in [6.45, 7) is 5.74. The van der Waals surface area contributed by atoms with Crippen molar-refractivity contribution in [3.8, 4) is 6.01 Å². The topological polar surface area (TPSA) is 98.1 Å². The summed E-state index contributed by atoms with van der Waals surface area (Å²) in [6, 6.07) is 0.263. The molecular weight excluding hydrogens is 334 g/mol. The molecule has 0 spiro atoms. The molecule has 3 heterocycles. The summed E-state index contributed by atoms with van der Waals surface area (Å²) in [5, 5.41) is 7.15.